The van der Waals surface area contributed by atoms with Crippen LogP contribution in [0.15, 0.2) is 52.0 Å². The fourth-order valence-electron chi connectivity index (χ4n) is 3.80. The van der Waals surface area contributed by atoms with Crippen LogP contribution in [0.1, 0.15) is 21.5 Å². The number of piperazine rings is 1. The first kappa shape index (κ1) is 20.1. The Labute approximate surface area is 178 Å². The summed E-state index contributed by atoms with van der Waals surface area (Å²) in [5.41, 5.74) is 3.27. The number of sulfonamides is 1. The van der Waals surface area contributed by atoms with Crippen LogP contribution >= 0.6 is 15.9 Å². The molecule has 1 saturated heterocycles. The van der Waals surface area contributed by atoms with Gasteiger partial charge in [-0.25, -0.2) is 8.42 Å². The quantitative estimate of drug-likeness (QED) is 0.627. The van der Waals surface area contributed by atoms with Crippen LogP contribution in [0, 0.1) is 13.8 Å². The summed E-state index contributed by atoms with van der Waals surface area (Å²) in [7, 11) is -3.57. The van der Waals surface area contributed by atoms with Gasteiger partial charge >= 0.3 is 0 Å². The van der Waals surface area contributed by atoms with Crippen molar-refractivity contribution < 1.29 is 13.2 Å². The molecule has 0 atom stereocenters. The molecule has 0 bridgehead atoms. The third-order valence-electron chi connectivity index (χ3n) is 5.35. The van der Waals surface area contributed by atoms with Crippen molar-refractivity contribution in [3.8, 4) is 0 Å². The number of halogens is 1. The lowest BCUT2D eigenvalue weighted by Gasteiger charge is -2.34. The highest BCUT2D eigenvalue weighted by atomic mass is 79.9. The van der Waals surface area contributed by atoms with Gasteiger partial charge < -0.3 is 9.88 Å². The summed E-state index contributed by atoms with van der Waals surface area (Å²) in [6.07, 6.45) is 1.72. The molecular weight excluding hydrogens is 454 g/mol. The van der Waals surface area contributed by atoms with Gasteiger partial charge in [-0.05, 0) is 43.7 Å². The van der Waals surface area contributed by atoms with Gasteiger partial charge in [-0.3, -0.25) is 4.79 Å². The lowest BCUT2D eigenvalue weighted by Crippen LogP contribution is -2.50. The molecule has 1 N–H and O–H groups in total. The van der Waals surface area contributed by atoms with Crippen molar-refractivity contribution in [2.24, 2.45) is 0 Å². The van der Waals surface area contributed by atoms with Gasteiger partial charge in [0.05, 0.1) is 10.5 Å². The fourth-order valence-corrected chi connectivity index (χ4v) is 5.79. The van der Waals surface area contributed by atoms with Gasteiger partial charge in [0, 0.05) is 47.8 Å². The molecule has 0 unspecified atom stereocenters. The van der Waals surface area contributed by atoms with Crippen LogP contribution in [-0.2, 0) is 10.0 Å². The predicted molar refractivity (Wildman–Crippen MR) is 117 cm³/mol. The average molecular weight is 476 g/mol. The molecule has 3 aromatic rings. The van der Waals surface area contributed by atoms with Crippen LogP contribution in [-0.4, -0.2) is 54.7 Å². The summed E-state index contributed by atoms with van der Waals surface area (Å²) < 4.78 is 28.5. The number of hydrogen-bond acceptors (Lipinski definition) is 3. The zero-order valence-electron chi connectivity index (χ0n) is 16.3. The standard InChI is InChI=1S/C21H22BrN3O3S/c1-14-3-6-20(15(2)11-14)29(27,28)25-9-7-24(8-10-25)21(26)18-13-23-19-5-4-16(22)12-17(18)19/h3-6,11-13,23H,7-10H2,1-2H3. The molecule has 1 aromatic heterocycles. The van der Waals surface area contributed by atoms with Crippen LogP contribution in [0.4, 0.5) is 0 Å². The van der Waals surface area contributed by atoms with E-state index < -0.39 is 10.0 Å². The number of nitrogens with one attached hydrogen (secondary N) is 1. The number of H-pyrrole nitrogens is 1. The van der Waals surface area contributed by atoms with Gasteiger partial charge in [0.25, 0.3) is 5.91 Å². The highest BCUT2D eigenvalue weighted by Gasteiger charge is 2.31. The molecule has 1 aliphatic heterocycles. The molecule has 0 radical (unpaired) electrons. The number of aromatic nitrogens is 1. The minimum atomic E-state index is -3.57. The predicted octanol–water partition coefficient (Wildman–Crippen LogP) is 3.69. The van der Waals surface area contributed by atoms with Crippen molar-refractivity contribution in [1.29, 1.82) is 0 Å². The van der Waals surface area contributed by atoms with Crippen LogP contribution in [0.5, 0.6) is 0 Å². The molecule has 4 rings (SSSR count). The Balaban J connectivity index is 1.51. The zero-order valence-corrected chi connectivity index (χ0v) is 18.7. The van der Waals surface area contributed by atoms with Gasteiger partial charge in [-0.2, -0.15) is 4.31 Å². The summed E-state index contributed by atoms with van der Waals surface area (Å²) >= 11 is 3.45. The van der Waals surface area contributed by atoms with E-state index in [1.54, 1.807) is 17.2 Å². The third-order valence-corrected chi connectivity index (χ3v) is 7.90. The Bertz CT molecular complexity index is 1200. The number of carbonyl (C=O) groups is 1. The van der Waals surface area contributed by atoms with E-state index in [1.165, 1.54) is 4.31 Å². The van der Waals surface area contributed by atoms with Crippen molar-refractivity contribution in [1.82, 2.24) is 14.2 Å². The Morgan fingerprint density at radius 1 is 1.03 bits per heavy atom. The van der Waals surface area contributed by atoms with Crippen LogP contribution in [0.3, 0.4) is 0 Å². The Hall–Kier alpha value is -2.16. The molecule has 29 heavy (non-hydrogen) atoms. The third kappa shape index (κ3) is 3.72. The summed E-state index contributed by atoms with van der Waals surface area (Å²) in [6, 6.07) is 11.1. The average Bonchev–Trinajstić information content (AvgIpc) is 3.10. The van der Waals surface area contributed by atoms with Gasteiger partial charge in [-0.1, -0.05) is 33.6 Å². The minimum Gasteiger partial charge on any atom is -0.360 e. The van der Waals surface area contributed by atoms with Crippen molar-refractivity contribution in [2.75, 3.05) is 26.2 Å². The van der Waals surface area contributed by atoms with Gasteiger partial charge in [0.1, 0.15) is 0 Å². The Morgan fingerprint density at radius 3 is 2.45 bits per heavy atom. The summed E-state index contributed by atoms with van der Waals surface area (Å²) in [5.74, 6) is -0.0853. The molecule has 8 heteroatoms. The van der Waals surface area contributed by atoms with E-state index in [2.05, 4.69) is 20.9 Å². The highest BCUT2D eigenvalue weighted by Crippen LogP contribution is 2.26. The normalized spacial score (nSPS) is 15.8. The number of amides is 1. The maximum absolute atomic E-state index is 13.0. The zero-order chi connectivity index (χ0) is 20.8. The van der Waals surface area contributed by atoms with Gasteiger partial charge in [-0.15, -0.1) is 0 Å². The molecule has 6 nitrogen and oxygen atoms in total. The molecule has 152 valence electrons. The number of aryl methyl sites for hydroxylation is 2. The molecule has 1 amide bonds. The molecule has 0 aliphatic carbocycles. The first-order chi connectivity index (χ1) is 13.8. The second-order valence-electron chi connectivity index (χ2n) is 7.36. The van der Waals surface area contributed by atoms with Gasteiger partial charge in [0.15, 0.2) is 0 Å². The topological polar surface area (TPSA) is 73.5 Å². The first-order valence-electron chi connectivity index (χ1n) is 9.41. The highest BCUT2D eigenvalue weighted by molar-refractivity contribution is 9.10. The second-order valence-corrected chi connectivity index (χ2v) is 10.2. The molecule has 2 aromatic carbocycles. The number of fused-ring (bicyclic) bond motifs is 1. The maximum Gasteiger partial charge on any atom is 0.256 e. The lowest BCUT2D eigenvalue weighted by molar-refractivity contribution is 0.0700. The second kappa shape index (κ2) is 7.59. The number of nitrogens with zero attached hydrogens (tertiary/aromatic N) is 2. The van der Waals surface area contributed by atoms with Crippen molar-refractivity contribution >= 4 is 42.8 Å². The monoisotopic (exact) mass is 475 g/mol. The SMILES string of the molecule is Cc1ccc(S(=O)(=O)N2CCN(C(=O)c3c[nH]c4ccc(Br)cc34)CC2)c(C)c1. The van der Waals surface area contributed by atoms with Crippen molar-refractivity contribution in [2.45, 2.75) is 18.7 Å². The Morgan fingerprint density at radius 2 is 1.76 bits per heavy atom. The van der Waals surface area contributed by atoms with Crippen LogP contribution in [0.2, 0.25) is 0 Å². The summed E-state index contributed by atoms with van der Waals surface area (Å²) in [6.45, 7) is 5.06. The van der Waals surface area contributed by atoms with Crippen LogP contribution < -0.4 is 0 Å². The van der Waals surface area contributed by atoms with Crippen molar-refractivity contribution in [3.05, 3.63) is 63.8 Å². The summed E-state index contributed by atoms with van der Waals surface area (Å²) in [4.78, 5) is 18.2. The molecule has 0 saturated carbocycles. The fraction of sp³-hybridized carbons (Fsp3) is 0.286. The molecule has 1 fully saturated rings. The van der Waals surface area contributed by atoms with E-state index in [0.29, 0.717) is 23.5 Å². The van der Waals surface area contributed by atoms with E-state index in [1.807, 2.05) is 44.2 Å². The Kier molecular flexibility index (Phi) is 5.27. The van der Waals surface area contributed by atoms with E-state index >= 15 is 0 Å². The van der Waals surface area contributed by atoms with E-state index in [4.69, 9.17) is 0 Å². The molecule has 2 heterocycles. The minimum absolute atomic E-state index is 0.0853. The number of aromatic amines is 1. The van der Waals surface area contributed by atoms with Crippen LogP contribution in [0.25, 0.3) is 10.9 Å². The maximum atomic E-state index is 13.0. The van der Waals surface area contributed by atoms with Crippen molar-refractivity contribution in [3.63, 3.8) is 0 Å². The number of benzene rings is 2. The van der Waals surface area contributed by atoms with E-state index in [-0.39, 0.29) is 19.0 Å². The number of rotatable bonds is 3. The number of carbonyl (C=O) groups excluding carboxylic acids is 1. The van der Waals surface area contributed by atoms with E-state index in [9.17, 15) is 13.2 Å². The largest absolute Gasteiger partial charge is 0.360 e. The smallest absolute Gasteiger partial charge is 0.256 e. The molecule has 1 aliphatic rings. The first-order valence-corrected chi connectivity index (χ1v) is 11.6. The number of hydrogen-bond donors (Lipinski definition) is 1. The summed E-state index contributed by atoms with van der Waals surface area (Å²) in [5, 5.41) is 0.856. The van der Waals surface area contributed by atoms with Gasteiger partial charge in [0.2, 0.25) is 10.0 Å². The van der Waals surface area contributed by atoms with E-state index in [0.717, 1.165) is 26.5 Å². The molecule has 0 spiro atoms. The molecular formula is C21H22BrN3O3S. The lowest BCUT2D eigenvalue weighted by atomic mass is 10.1.